The zero-order chi connectivity index (χ0) is 10.3. The largest absolute Gasteiger partial charge is 0.465 e. The third-order valence-corrected chi connectivity index (χ3v) is 2.05. The standard InChI is InChI=1S/C9H20N2O2/c1-5-7(3)8(11-10-4)9(12)13-6-2/h7-8,10-11H,5-6H2,1-4H3/t7-,8+/m1/s1. The molecule has 0 amide bonds. The molecule has 13 heavy (non-hydrogen) atoms. The molecule has 0 aliphatic carbocycles. The Morgan fingerprint density at radius 2 is 2.08 bits per heavy atom. The minimum atomic E-state index is -0.255. The normalized spacial score (nSPS) is 15.1. The molecule has 0 aromatic carbocycles. The van der Waals surface area contributed by atoms with Gasteiger partial charge in [0.1, 0.15) is 6.04 Å². The van der Waals surface area contributed by atoms with Crippen molar-refractivity contribution in [2.75, 3.05) is 13.7 Å². The first-order valence-electron chi connectivity index (χ1n) is 4.76. The van der Waals surface area contributed by atoms with Crippen LogP contribution in [0.1, 0.15) is 27.2 Å². The van der Waals surface area contributed by atoms with Crippen LogP contribution < -0.4 is 10.9 Å². The Labute approximate surface area is 80.0 Å². The van der Waals surface area contributed by atoms with Crippen molar-refractivity contribution < 1.29 is 9.53 Å². The number of carbonyl (C=O) groups excluding carboxylic acids is 1. The Balaban J connectivity index is 4.13. The molecule has 4 nitrogen and oxygen atoms in total. The second kappa shape index (κ2) is 6.86. The van der Waals surface area contributed by atoms with E-state index in [2.05, 4.69) is 10.9 Å². The summed E-state index contributed by atoms with van der Waals surface area (Å²) in [5, 5.41) is 0. The lowest BCUT2D eigenvalue weighted by Crippen LogP contribution is -2.48. The van der Waals surface area contributed by atoms with E-state index in [1.54, 1.807) is 7.05 Å². The van der Waals surface area contributed by atoms with E-state index in [1.807, 2.05) is 20.8 Å². The van der Waals surface area contributed by atoms with Crippen LogP contribution in [0.2, 0.25) is 0 Å². The number of carbonyl (C=O) groups is 1. The monoisotopic (exact) mass is 188 g/mol. The Bertz CT molecular complexity index is 151. The Morgan fingerprint density at radius 3 is 2.46 bits per heavy atom. The third kappa shape index (κ3) is 4.24. The number of esters is 1. The molecule has 0 rings (SSSR count). The lowest BCUT2D eigenvalue weighted by Gasteiger charge is -2.21. The fraction of sp³-hybridized carbons (Fsp3) is 0.889. The summed E-state index contributed by atoms with van der Waals surface area (Å²) >= 11 is 0. The maximum atomic E-state index is 11.4. The summed E-state index contributed by atoms with van der Waals surface area (Å²) in [5.41, 5.74) is 5.66. The van der Waals surface area contributed by atoms with E-state index in [0.29, 0.717) is 6.61 Å². The quantitative estimate of drug-likeness (QED) is 0.475. The predicted molar refractivity (Wildman–Crippen MR) is 52.1 cm³/mol. The average Bonchev–Trinajstić information content (AvgIpc) is 2.13. The summed E-state index contributed by atoms with van der Waals surface area (Å²) in [5.74, 6) is 0.0812. The third-order valence-electron chi connectivity index (χ3n) is 2.05. The van der Waals surface area contributed by atoms with Gasteiger partial charge in [0, 0.05) is 0 Å². The van der Waals surface area contributed by atoms with Gasteiger partial charge in [0.25, 0.3) is 0 Å². The minimum Gasteiger partial charge on any atom is -0.465 e. The van der Waals surface area contributed by atoms with Crippen molar-refractivity contribution in [1.82, 2.24) is 10.9 Å². The van der Waals surface area contributed by atoms with Gasteiger partial charge < -0.3 is 4.74 Å². The summed E-state index contributed by atoms with van der Waals surface area (Å²) in [6, 6.07) is -0.255. The molecule has 0 spiro atoms. The van der Waals surface area contributed by atoms with Gasteiger partial charge in [0.2, 0.25) is 0 Å². The molecule has 78 valence electrons. The molecule has 4 heteroatoms. The molecule has 0 aromatic heterocycles. The van der Waals surface area contributed by atoms with Crippen LogP contribution in [0, 0.1) is 5.92 Å². The SMILES string of the molecule is CCOC(=O)[C@@H](NNC)[C@H](C)CC. The fourth-order valence-electron chi connectivity index (χ4n) is 1.06. The summed E-state index contributed by atoms with van der Waals surface area (Å²) < 4.78 is 4.94. The van der Waals surface area contributed by atoms with Gasteiger partial charge in [-0.2, -0.15) is 0 Å². The van der Waals surface area contributed by atoms with Crippen molar-refractivity contribution in [1.29, 1.82) is 0 Å². The molecule has 0 aliphatic rings. The molecule has 0 aliphatic heterocycles. The van der Waals surface area contributed by atoms with Crippen molar-refractivity contribution in [2.45, 2.75) is 33.2 Å². The lowest BCUT2D eigenvalue weighted by molar-refractivity contribution is -0.147. The molecular weight excluding hydrogens is 168 g/mol. The van der Waals surface area contributed by atoms with Crippen molar-refractivity contribution in [3.05, 3.63) is 0 Å². The highest BCUT2D eigenvalue weighted by atomic mass is 16.5. The van der Waals surface area contributed by atoms with Crippen LogP contribution in [0.25, 0.3) is 0 Å². The number of hydrogen-bond acceptors (Lipinski definition) is 4. The minimum absolute atomic E-state index is 0.189. The topological polar surface area (TPSA) is 50.4 Å². The van der Waals surface area contributed by atoms with Gasteiger partial charge in [-0.1, -0.05) is 20.3 Å². The van der Waals surface area contributed by atoms with Crippen LogP contribution in [-0.4, -0.2) is 25.7 Å². The van der Waals surface area contributed by atoms with Crippen molar-refractivity contribution in [2.24, 2.45) is 5.92 Å². The van der Waals surface area contributed by atoms with Crippen LogP contribution in [0.15, 0.2) is 0 Å². The van der Waals surface area contributed by atoms with Crippen LogP contribution in [0.3, 0.4) is 0 Å². The summed E-state index contributed by atoms with van der Waals surface area (Å²) in [6.07, 6.45) is 0.943. The molecule has 0 unspecified atom stereocenters. The van der Waals surface area contributed by atoms with E-state index >= 15 is 0 Å². The average molecular weight is 188 g/mol. The number of hydrogen-bond donors (Lipinski definition) is 2. The highest BCUT2D eigenvalue weighted by Gasteiger charge is 2.23. The van der Waals surface area contributed by atoms with E-state index in [1.165, 1.54) is 0 Å². The maximum absolute atomic E-state index is 11.4. The Morgan fingerprint density at radius 1 is 1.46 bits per heavy atom. The highest BCUT2D eigenvalue weighted by molar-refractivity contribution is 5.76. The van der Waals surface area contributed by atoms with Gasteiger partial charge in [-0.05, 0) is 19.9 Å². The van der Waals surface area contributed by atoms with Gasteiger partial charge in [0.15, 0.2) is 0 Å². The van der Waals surface area contributed by atoms with E-state index < -0.39 is 0 Å². The predicted octanol–water partition coefficient (Wildman–Crippen LogP) is 0.688. The maximum Gasteiger partial charge on any atom is 0.324 e. The molecule has 0 aromatic rings. The second-order valence-corrected chi connectivity index (χ2v) is 3.01. The van der Waals surface area contributed by atoms with Gasteiger partial charge in [-0.25, -0.2) is 5.43 Å². The van der Waals surface area contributed by atoms with E-state index in [0.717, 1.165) is 6.42 Å². The van der Waals surface area contributed by atoms with Gasteiger partial charge >= 0.3 is 5.97 Å². The zero-order valence-electron chi connectivity index (χ0n) is 8.89. The van der Waals surface area contributed by atoms with Crippen molar-refractivity contribution in [3.8, 4) is 0 Å². The van der Waals surface area contributed by atoms with Crippen LogP contribution >= 0.6 is 0 Å². The fourth-order valence-corrected chi connectivity index (χ4v) is 1.06. The summed E-state index contributed by atoms with van der Waals surface area (Å²) in [7, 11) is 1.74. The van der Waals surface area contributed by atoms with Gasteiger partial charge in [-0.15, -0.1) is 0 Å². The molecule has 2 N–H and O–H groups in total. The highest BCUT2D eigenvalue weighted by Crippen LogP contribution is 2.08. The number of ether oxygens (including phenoxy) is 1. The summed E-state index contributed by atoms with van der Waals surface area (Å²) in [4.78, 5) is 11.4. The number of hydrazine groups is 1. The molecule has 0 radical (unpaired) electrons. The molecule has 0 saturated carbocycles. The second-order valence-electron chi connectivity index (χ2n) is 3.01. The number of nitrogens with one attached hydrogen (secondary N) is 2. The van der Waals surface area contributed by atoms with Crippen molar-refractivity contribution >= 4 is 5.97 Å². The smallest absolute Gasteiger partial charge is 0.324 e. The molecule has 0 heterocycles. The van der Waals surface area contributed by atoms with Crippen LogP contribution in [0.5, 0.6) is 0 Å². The Kier molecular flexibility index (Phi) is 6.54. The van der Waals surface area contributed by atoms with E-state index in [9.17, 15) is 4.79 Å². The van der Waals surface area contributed by atoms with Crippen LogP contribution in [0.4, 0.5) is 0 Å². The van der Waals surface area contributed by atoms with Crippen molar-refractivity contribution in [3.63, 3.8) is 0 Å². The van der Waals surface area contributed by atoms with E-state index in [4.69, 9.17) is 4.74 Å². The summed E-state index contributed by atoms with van der Waals surface area (Å²) in [6.45, 7) is 6.31. The molecule has 0 bridgehead atoms. The first-order valence-corrected chi connectivity index (χ1v) is 4.76. The lowest BCUT2D eigenvalue weighted by atomic mass is 10.00. The number of rotatable bonds is 6. The molecule has 2 atom stereocenters. The van der Waals surface area contributed by atoms with Crippen LogP contribution in [-0.2, 0) is 9.53 Å². The molecule has 0 fully saturated rings. The molecule has 0 saturated heterocycles. The van der Waals surface area contributed by atoms with Gasteiger partial charge in [0.05, 0.1) is 6.61 Å². The first-order chi connectivity index (χ1) is 6.17. The zero-order valence-corrected chi connectivity index (χ0v) is 8.89. The molecular formula is C9H20N2O2. The Hall–Kier alpha value is -0.610. The van der Waals surface area contributed by atoms with E-state index in [-0.39, 0.29) is 17.9 Å². The first kappa shape index (κ1) is 12.4. The van der Waals surface area contributed by atoms with Gasteiger partial charge in [-0.3, -0.25) is 10.2 Å².